The summed E-state index contributed by atoms with van der Waals surface area (Å²) in [6, 6.07) is 21.9. The quantitative estimate of drug-likeness (QED) is 0.719. The third kappa shape index (κ3) is 4.24. The molecule has 1 saturated heterocycles. The number of benzene rings is 2. The van der Waals surface area contributed by atoms with Gasteiger partial charge in [-0.2, -0.15) is 0 Å². The molecular weight excluding hydrogens is 346 g/mol. The average Bonchev–Trinajstić information content (AvgIpc) is 2.58. The van der Waals surface area contributed by atoms with Crippen molar-refractivity contribution in [3.63, 3.8) is 0 Å². The fourth-order valence-electron chi connectivity index (χ4n) is 3.70. The van der Waals surface area contributed by atoms with E-state index in [1.807, 2.05) is 0 Å². The Morgan fingerprint density at radius 1 is 1.00 bits per heavy atom. The second-order valence-corrected chi connectivity index (χ2v) is 6.97. The largest absolute Gasteiger partial charge is 0.303 e. The van der Waals surface area contributed by atoms with E-state index in [9.17, 15) is 0 Å². The fourth-order valence-corrected chi connectivity index (χ4v) is 3.70. The van der Waals surface area contributed by atoms with Gasteiger partial charge in [0.1, 0.15) is 0 Å². The first kappa shape index (κ1) is 18.2. The molecule has 3 rings (SSSR count). The van der Waals surface area contributed by atoms with Gasteiger partial charge in [0.25, 0.3) is 0 Å². The summed E-state index contributed by atoms with van der Waals surface area (Å²) in [7, 11) is 0. The van der Waals surface area contributed by atoms with Crippen LogP contribution in [0.2, 0.25) is 0 Å². The van der Waals surface area contributed by atoms with Crippen LogP contribution < -0.4 is 0 Å². The van der Waals surface area contributed by atoms with Crippen LogP contribution in [0.1, 0.15) is 31.4 Å². The molecule has 2 aromatic rings. The summed E-state index contributed by atoms with van der Waals surface area (Å²) in [6.45, 7) is 8.46. The SMILES string of the molecule is Br.C[C@H]1CN(CCc2ccccc2)CC[C@]1(C)c1ccccc1. The molecule has 0 amide bonds. The van der Waals surface area contributed by atoms with Crippen molar-refractivity contribution in [1.82, 2.24) is 4.90 Å². The van der Waals surface area contributed by atoms with Gasteiger partial charge in [0.2, 0.25) is 0 Å². The van der Waals surface area contributed by atoms with Crippen molar-refractivity contribution in [3.8, 4) is 0 Å². The van der Waals surface area contributed by atoms with E-state index in [-0.39, 0.29) is 17.0 Å². The van der Waals surface area contributed by atoms with Crippen molar-refractivity contribution in [2.24, 2.45) is 5.92 Å². The first-order valence-corrected chi connectivity index (χ1v) is 8.50. The molecule has 0 N–H and O–H groups in total. The Balaban J connectivity index is 0.00000192. The summed E-state index contributed by atoms with van der Waals surface area (Å²) in [6.07, 6.45) is 2.42. The van der Waals surface area contributed by atoms with Crippen LogP contribution in [0.5, 0.6) is 0 Å². The van der Waals surface area contributed by atoms with Crippen molar-refractivity contribution < 1.29 is 0 Å². The molecule has 2 atom stereocenters. The van der Waals surface area contributed by atoms with E-state index in [1.54, 1.807) is 0 Å². The standard InChI is InChI=1S/C21H27N.BrH/c1-18-17-22(15-13-19-9-5-3-6-10-19)16-14-21(18,2)20-11-7-4-8-12-20;/h3-12,18H,13-17H2,1-2H3;1H/t18-,21-;/m0./s1. The van der Waals surface area contributed by atoms with Gasteiger partial charge >= 0.3 is 0 Å². The van der Waals surface area contributed by atoms with Crippen molar-refractivity contribution in [1.29, 1.82) is 0 Å². The maximum atomic E-state index is 2.64. The van der Waals surface area contributed by atoms with Gasteiger partial charge in [-0.1, -0.05) is 74.5 Å². The van der Waals surface area contributed by atoms with Crippen LogP contribution in [0.15, 0.2) is 60.7 Å². The zero-order valence-electron chi connectivity index (χ0n) is 14.2. The fraction of sp³-hybridized carbons (Fsp3) is 0.429. The average molecular weight is 374 g/mol. The first-order chi connectivity index (χ1) is 10.7. The molecule has 0 aromatic heterocycles. The second kappa shape index (κ2) is 8.12. The van der Waals surface area contributed by atoms with Gasteiger partial charge in [-0.05, 0) is 41.8 Å². The normalized spacial score (nSPS) is 24.9. The molecule has 1 aliphatic rings. The van der Waals surface area contributed by atoms with Crippen LogP contribution in [-0.4, -0.2) is 24.5 Å². The van der Waals surface area contributed by atoms with E-state index in [0.717, 1.165) is 6.42 Å². The van der Waals surface area contributed by atoms with E-state index < -0.39 is 0 Å². The molecule has 1 fully saturated rings. The summed E-state index contributed by atoms with van der Waals surface area (Å²) in [5, 5.41) is 0. The Morgan fingerprint density at radius 3 is 2.22 bits per heavy atom. The third-order valence-electron chi connectivity index (χ3n) is 5.56. The Hall–Kier alpha value is -1.12. The molecular formula is C21H28BrN. The maximum absolute atomic E-state index is 2.64. The van der Waals surface area contributed by atoms with Crippen molar-refractivity contribution in [2.45, 2.75) is 32.1 Å². The number of rotatable bonds is 4. The van der Waals surface area contributed by atoms with E-state index in [0.29, 0.717) is 11.3 Å². The van der Waals surface area contributed by atoms with E-state index in [4.69, 9.17) is 0 Å². The van der Waals surface area contributed by atoms with Gasteiger partial charge in [-0.25, -0.2) is 0 Å². The molecule has 0 spiro atoms. The Kier molecular flexibility index (Phi) is 6.43. The third-order valence-corrected chi connectivity index (χ3v) is 5.56. The maximum Gasteiger partial charge on any atom is 0.00219 e. The number of hydrogen-bond acceptors (Lipinski definition) is 1. The molecule has 2 heteroatoms. The van der Waals surface area contributed by atoms with E-state index in [2.05, 4.69) is 79.4 Å². The Bertz CT molecular complexity index is 583. The molecule has 1 nitrogen and oxygen atoms in total. The van der Waals surface area contributed by atoms with Gasteiger partial charge in [0.05, 0.1) is 0 Å². The Labute approximate surface area is 151 Å². The highest BCUT2D eigenvalue weighted by Crippen LogP contribution is 2.39. The number of piperidine rings is 1. The van der Waals surface area contributed by atoms with E-state index >= 15 is 0 Å². The number of halogens is 1. The van der Waals surface area contributed by atoms with Gasteiger partial charge in [0.15, 0.2) is 0 Å². The lowest BCUT2D eigenvalue weighted by molar-refractivity contribution is 0.112. The highest BCUT2D eigenvalue weighted by atomic mass is 79.9. The summed E-state index contributed by atoms with van der Waals surface area (Å²) >= 11 is 0. The lowest BCUT2D eigenvalue weighted by Crippen LogP contribution is -2.47. The molecule has 0 radical (unpaired) electrons. The smallest absolute Gasteiger partial charge is 0.00219 e. The van der Waals surface area contributed by atoms with Gasteiger partial charge in [0, 0.05) is 13.1 Å². The molecule has 124 valence electrons. The lowest BCUT2D eigenvalue weighted by atomic mass is 9.68. The van der Waals surface area contributed by atoms with Gasteiger partial charge in [-0.3, -0.25) is 0 Å². The molecule has 23 heavy (non-hydrogen) atoms. The van der Waals surface area contributed by atoms with Crippen LogP contribution >= 0.6 is 17.0 Å². The van der Waals surface area contributed by atoms with Crippen LogP contribution in [0.3, 0.4) is 0 Å². The molecule has 2 aromatic carbocycles. The topological polar surface area (TPSA) is 3.24 Å². The highest BCUT2D eigenvalue weighted by Gasteiger charge is 2.37. The molecule has 0 unspecified atom stereocenters. The summed E-state index contributed by atoms with van der Waals surface area (Å²) < 4.78 is 0. The van der Waals surface area contributed by atoms with Gasteiger partial charge in [-0.15, -0.1) is 17.0 Å². The first-order valence-electron chi connectivity index (χ1n) is 8.50. The molecule has 1 aliphatic heterocycles. The minimum absolute atomic E-state index is 0. The van der Waals surface area contributed by atoms with Crippen molar-refractivity contribution in [2.75, 3.05) is 19.6 Å². The number of hydrogen-bond donors (Lipinski definition) is 0. The summed E-state index contributed by atoms with van der Waals surface area (Å²) in [5.41, 5.74) is 3.28. The zero-order valence-corrected chi connectivity index (χ0v) is 16.0. The van der Waals surface area contributed by atoms with Crippen LogP contribution in [0, 0.1) is 5.92 Å². The van der Waals surface area contributed by atoms with E-state index in [1.165, 1.54) is 37.2 Å². The molecule has 0 aliphatic carbocycles. The minimum atomic E-state index is 0. The molecule has 0 saturated carbocycles. The zero-order chi connectivity index (χ0) is 15.4. The van der Waals surface area contributed by atoms with Gasteiger partial charge < -0.3 is 4.90 Å². The molecule has 0 bridgehead atoms. The monoisotopic (exact) mass is 373 g/mol. The predicted octanol–water partition coefficient (Wildman–Crippen LogP) is 5.11. The van der Waals surface area contributed by atoms with Crippen molar-refractivity contribution >= 4 is 17.0 Å². The summed E-state index contributed by atoms with van der Waals surface area (Å²) in [4.78, 5) is 2.64. The summed E-state index contributed by atoms with van der Waals surface area (Å²) in [5.74, 6) is 0.694. The number of nitrogens with zero attached hydrogens (tertiary/aromatic N) is 1. The highest BCUT2D eigenvalue weighted by molar-refractivity contribution is 8.93. The second-order valence-electron chi connectivity index (χ2n) is 6.97. The van der Waals surface area contributed by atoms with Crippen molar-refractivity contribution in [3.05, 3.63) is 71.8 Å². The predicted molar refractivity (Wildman–Crippen MR) is 104 cm³/mol. The molecule has 1 heterocycles. The Morgan fingerprint density at radius 2 is 1.61 bits per heavy atom. The lowest BCUT2D eigenvalue weighted by Gasteiger charge is -2.45. The minimum Gasteiger partial charge on any atom is -0.303 e. The van der Waals surface area contributed by atoms with Crippen LogP contribution in [0.25, 0.3) is 0 Å². The number of likely N-dealkylation sites (tertiary alicyclic amines) is 1. The van der Waals surface area contributed by atoms with Crippen LogP contribution in [-0.2, 0) is 11.8 Å². The van der Waals surface area contributed by atoms with Crippen LogP contribution in [0.4, 0.5) is 0 Å².